The van der Waals surface area contributed by atoms with E-state index >= 15 is 0 Å². The number of hydrogen-bond donors (Lipinski definition) is 2. The van der Waals surface area contributed by atoms with Crippen LogP contribution in [-0.4, -0.2) is 67.6 Å². The second-order valence-corrected chi connectivity index (χ2v) is 8.76. The van der Waals surface area contributed by atoms with Crippen molar-refractivity contribution in [3.63, 3.8) is 0 Å². The van der Waals surface area contributed by atoms with Crippen LogP contribution < -0.4 is 20.1 Å². The average Bonchev–Trinajstić information content (AvgIpc) is 3.36. The van der Waals surface area contributed by atoms with Crippen molar-refractivity contribution in [1.29, 1.82) is 0 Å². The molecule has 11 heteroatoms. The van der Waals surface area contributed by atoms with E-state index in [1.165, 1.54) is 25.4 Å². The molecule has 36 heavy (non-hydrogen) atoms. The molecule has 0 saturated carbocycles. The summed E-state index contributed by atoms with van der Waals surface area (Å²) in [4.78, 5) is 42.5. The number of amides is 3. The molecule has 1 saturated heterocycles. The van der Waals surface area contributed by atoms with Gasteiger partial charge in [0.05, 0.1) is 26.0 Å². The van der Waals surface area contributed by atoms with Crippen molar-refractivity contribution in [1.82, 2.24) is 9.88 Å². The minimum Gasteiger partial charge on any atom is -0.493 e. The van der Waals surface area contributed by atoms with Crippen LogP contribution in [-0.2, 0) is 14.3 Å². The van der Waals surface area contributed by atoms with Crippen LogP contribution in [0.25, 0.3) is 11.3 Å². The number of carbonyl (C=O) groups excluding carboxylic acids is 3. The van der Waals surface area contributed by atoms with Crippen molar-refractivity contribution in [2.24, 2.45) is 0 Å². The van der Waals surface area contributed by atoms with Gasteiger partial charge in [0.1, 0.15) is 0 Å². The molecule has 10 nitrogen and oxygen atoms in total. The monoisotopic (exact) mass is 510 g/mol. The fourth-order valence-corrected chi connectivity index (χ4v) is 4.25. The average molecular weight is 511 g/mol. The summed E-state index contributed by atoms with van der Waals surface area (Å²) in [5.41, 5.74) is 2.61. The highest BCUT2D eigenvalue weighted by atomic mass is 32.1. The Morgan fingerprint density at radius 1 is 1.06 bits per heavy atom. The molecular weight excluding hydrogens is 484 g/mol. The van der Waals surface area contributed by atoms with E-state index in [9.17, 15) is 14.4 Å². The Kier molecular flexibility index (Phi) is 8.13. The van der Waals surface area contributed by atoms with Crippen molar-refractivity contribution in [2.45, 2.75) is 6.92 Å². The topological polar surface area (TPSA) is 119 Å². The molecule has 1 fully saturated rings. The minimum absolute atomic E-state index is 0.129. The number of carbonyl (C=O) groups is 3. The van der Waals surface area contributed by atoms with Gasteiger partial charge in [-0.2, -0.15) is 0 Å². The third-order valence-electron chi connectivity index (χ3n) is 5.37. The molecule has 1 aliphatic heterocycles. The molecule has 0 unspecified atom stereocenters. The van der Waals surface area contributed by atoms with Crippen LogP contribution in [0, 0.1) is 0 Å². The van der Waals surface area contributed by atoms with E-state index in [0.29, 0.717) is 59.9 Å². The number of morpholine rings is 1. The number of aromatic nitrogens is 1. The highest BCUT2D eigenvalue weighted by Gasteiger charge is 2.19. The predicted molar refractivity (Wildman–Crippen MR) is 136 cm³/mol. The first-order valence-corrected chi connectivity index (χ1v) is 12.1. The summed E-state index contributed by atoms with van der Waals surface area (Å²) in [7, 11) is 1.47. The van der Waals surface area contributed by atoms with Gasteiger partial charge >= 0.3 is 0 Å². The van der Waals surface area contributed by atoms with Crippen molar-refractivity contribution < 1.29 is 28.6 Å². The number of hydrogen-bond acceptors (Lipinski definition) is 8. The highest BCUT2D eigenvalue weighted by molar-refractivity contribution is 7.14. The summed E-state index contributed by atoms with van der Waals surface area (Å²) >= 11 is 1.30. The lowest BCUT2D eigenvalue weighted by Gasteiger charge is -2.26. The van der Waals surface area contributed by atoms with E-state index in [1.807, 2.05) is 17.5 Å². The maximum atomic E-state index is 12.8. The molecule has 0 spiro atoms. The van der Waals surface area contributed by atoms with E-state index in [-0.39, 0.29) is 24.3 Å². The smallest absolute Gasteiger partial charge is 0.260 e. The van der Waals surface area contributed by atoms with Crippen LogP contribution in [0.15, 0.2) is 47.8 Å². The lowest BCUT2D eigenvalue weighted by molar-refractivity contribution is -0.137. The maximum Gasteiger partial charge on any atom is 0.260 e. The second-order valence-electron chi connectivity index (χ2n) is 7.90. The van der Waals surface area contributed by atoms with Crippen molar-refractivity contribution in [3.8, 4) is 22.8 Å². The van der Waals surface area contributed by atoms with Crippen LogP contribution in [0.2, 0.25) is 0 Å². The van der Waals surface area contributed by atoms with Crippen LogP contribution in [0.1, 0.15) is 17.3 Å². The van der Waals surface area contributed by atoms with E-state index in [1.54, 1.807) is 35.2 Å². The summed E-state index contributed by atoms with van der Waals surface area (Å²) in [5, 5.41) is 7.79. The fourth-order valence-electron chi connectivity index (χ4n) is 3.53. The van der Waals surface area contributed by atoms with Gasteiger partial charge in [0.25, 0.3) is 11.8 Å². The number of anilines is 2. The van der Waals surface area contributed by atoms with E-state index in [4.69, 9.17) is 14.2 Å². The van der Waals surface area contributed by atoms with E-state index < -0.39 is 0 Å². The molecule has 188 valence electrons. The predicted octanol–water partition coefficient (Wildman–Crippen LogP) is 3.27. The van der Waals surface area contributed by atoms with E-state index in [0.717, 1.165) is 5.56 Å². The Morgan fingerprint density at radius 3 is 2.50 bits per heavy atom. The van der Waals surface area contributed by atoms with E-state index in [2.05, 4.69) is 15.6 Å². The SMILES string of the molecule is COc1cc(C(=O)Nc2nc(-c3ccc(NC(C)=O)cc3)cs2)ccc1OCC(=O)N1CCOCC1. The van der Waals surface area contributed by atoms with Crippen LogP contribution >= 0.6 is 11.3 Å². The first kappa shape index (κ1) is 25.1. The zero-order chi connectivity index (χ0) is 25.5. The van der Waals surface area contributed by atoms with Crippen LogP contribution in [0.5, 0.6) is 11.5 Å². The Bertz CT molecular complexity index is 1240. The quantitative estimate of drug-likeness (QED) is 0.477. The molecule has 0 aliphatic carbocycles. The molecule has 2 N–H and O–H groups in total. The summed E-state index contributed by atoms with van der Waals surface area (Å²) < 4.78 is 16.3. The van der Waals surface area contributed by atoms with Gasteiger partial charge in [-0.1, -0.05) is 12.1 Å². The first-order chi connectivity index (χ1) is 17.4. The zero-order valence-electron chi connectivity index (χ0n) is 19.9. The van der Waals surface area contributed by atoms with Crippen molar-refractivity contribution >= 4 is 39.9 Å². The normalized spacial score (nSPS) is 13.1. The third-order valence-corrected chi connectivity index (χ3v) is 6.12. The Hall–Kier alpha value is -3.96. The highest BCUT2D eigenvalue weighted by Crippen LogP contribution is 2.30. The lowest BCUT2D eigenvalue weighted by Crippen LogP contribution is -2.43. The van der Waals surface area contributed by atoms with Crippen molar-refractivity contribution in [2.75, 3.05) is 50.7 Å². The van der Waals surface area contributed by atoms with Gasteiger partial charge in [-0.15, -0.1) is 11.3 Å². The molecule has 1 aromatic heterocycles. The Balaban J connectivity index is 1.37. The lowest BCUT2D eigenvalue weighted by atomic mass is 10.1. The van der Waals surface area contributed by atoms with Crippen molar-refractivity contribution in [3.05, 3.63) is 53.4 Å². The molecule has 4 rings (SSSR count). The zero-order valence-corrected chi connectivity index (χ0v) is 20.7. The van der Waals surface area contributed by atoms with Gasteiger partial charge in [0, 0.05) is 42.2 Å². The summed E-state index contributed by atoms with van der Waals surface area (Å²) in [6, 6.07) is 12.0. The molecule has 0 atom stereocenters. The van der Waals surface area contributed by atoms with Gasteiger partial charge in [-0.25, -0.2) is 4.98 Å². The summed E-state index contributed by atoms with van der Waals surface area (Å²) in [5.74, 6) is 0.0863. The summed E-state index contributed by atoms with van der Waals surface area (Å²) in [6.07, 6.45) is 0. The largest absolute Gasteiger partial charge is 0.493 e. The Labute approximate surface area is 212 Å². The number of ether oxygens (including phenoxy) is 3. The molecule has 3 amide bonds. The minimum atomic E-state index is -0.355. The standard InChI is InChI=1S/C25H26N4O6S/c1-16(30)26-19-6-3-17(4-7-19)20-15-36-25(27-20)28-24(32)18-5-8-21(22(13-18)33-2)35-14-23(31)29-9-11-34-12-10-29/h3-8,13,15H,9-12,14H2,1-2H3,(H,26,30)(H,27,28,32). The number of thiazole rings is 1. The molecular formula is C25H26N4O6S. The molecule has 0 bridgehead atoms. The maximum absolute atomic E-state index is 12.8. The molecule has 1 aliphatic rings. The van der Waals surface area contributed by atoms with Gasteiger partial charge in [-0.3, -0.25) is 19.7 Å². The Morgan fingerprint density at radius 2 is 1.81 bits per heavy atom. The third kappa shape index (κ3) is 6.37. The van der Waals surface area contributed by atoms with Gasteiger partial charge in [0.15, 0.2) is 23.2 Å². The number of benzene rings is 2. The molecule has 2 heterocycles. The number of nitrogens with one attached hydrogen (secondary N) is 2. The van der Waals surface area contributed by atoms with Crippen LogP contribution in [0.4, 0.5) is 10.8 Å². The molecule has 3 aromatic rings. The van der Waals surface area contributed by atoms with Gasteiger partial charge in [0.2, 0.25) is 5.91 Å². The van der Waals surface area contributed by atoms with Crippen LogP contribution in [0.3, 0.4) is 0 Å². The summed E-state index contributed by atoms with van der Waals surface area (Å²) in [6.45, 7) is 3.44. The first-order valence-electron chi connectivity index (χ1n) is 11.2. The van der Waals surface area contributed by atoms with Gasteiger partial charge in [-0.05, 0) is 30.3 Å². The number of methoxy groups -OCH3 is 1. The van der Waals surface area contributed by atoms with Gasteiger partial charge < -0.3 is 24.4 Å². The fraction of sp³-hybridized carbons (Fsp3) is 0.280. The number of nitrogens with zero attached hydrogens (tertiary/aromatic N) is 2. The molecule has 0 radical (unpaired) electrons. The molecule has 2 aromatic carbocycles. The number of rotatable bonds is 8. The second kappa shape index (κ2) is 11.6.